The molecule has 0 radical (unpaired) electrons. The number of hydrogen-bond donors (Lipinski definition) is 2. The van der Waals surface area contributed by atoms with Crippen LogP contribution in [0.3, 0.4) is 0 Å². The van der Waals surface area contributed by atoms with Crippen LogP contribution in [0.25, 0.3) is 0 Å². The summed E-state index contributed by atoms with van der Waals surface area (Å²) in [6.45, 7) is 8.74. The van der Waals surface area contributed by atoms with Crippen LogP contribution in [-0.4, -0.2) is 20.1 Å². The van der Waals surface area contributed by atoms with Crippen LogP contribution in [0, 0.1) is 17.8 Å². The molecule has 0 amide bonds. The molecule has 0 spiro atoms. The standard InChI is InChI=1S/C13H23NO3S2/c1-9(2)13(10(3)4)6-14-19(16,17)12-5-11(7-15)18-8-12/h5,8-10,13-15H,6-7H2,1-4H3. The van der Waals surface area contributed by atoms with Crippen LogP contribution in [0.2, 0.25) is 0 Å². The Morgan fingerprint density at radius 2 is 1.84 bits per heavy atom. The van der Waals surface area contributed by atoms with Crippen molar-refractivity contribution in [3.05, 3.63) is 16.3 Å². The van der Waals surface area contributed by atoms with Crippen molar-refractivity contribution in [3.63, 3.8) is 0 Å². The van der Waals surface area contributed by atoms with E-state index in [1.54, 1.807) is 5.38 Å². The molecule has 0 fully saturated rings. The van der Waals surface area contributed by atoms with Crippen LogP contribution >= 0.6 is 11.3 Å². The molecule has 0 aliphatic carbocycles. The van der Waals surface area contributed by atoms with Crippen molar-refractivity contribution in [2.24, 2.45) is 17.8 Å². The quantitative estimate of drug-likeness (QED) is 0.813. The molecule has 19 heavy (non-hydrogen) atoms. The van der Waals surface area contributed by atoms with Gasteiger partial charge in [-0.05, 0) is 23.8 Å². The van der Waals surface area contributed by atoms with Crippen molar-refractivity contribution < 1.29 is 13.5 Å². The second-order valence-electron chi connectivity index (χ2n) is 5.41. The summed E-state index contributed by atoms with van der Waals surface area (Å²) in [6.07, 6.45) is 0. The Hall–Kier alpha value is -0.430. The Labute approximate surface area is 119 Å². The van der Waals surface area contributed by atoms with Gasteiger partial charge in [0, 0.05) is 16.8 Å². The largest absolute Gasteiger partial charge is 0.391 e. The molecule has 110 valence electrons. The van der Waals surface area contributed by atoms with Gasteiger partial charge >= 0.3 is 0 Å². The zero-order valence-electron chi connectivity index (χ0n) is 11.9. The molecule has 1 heterocycles. The van der Waals surface area contributed by atoms with Gasteiger partial charge in [-0.2, -0.15) is 0 Å². The van der Waals surface area contributed by atoms with E-state index in [4.69, 9.17) is 5.11 Å². The number of sulfonamides is 1. The average Bonchev–Trinajstić information content (AvgIpc) is 2.77. The average molecular weight is 305 g/mol. The second kappa shape index (κ2) is 6.83. The lowest BCUT2D eigenvalue weighted by Gasteiger charge is -2.24. The van der Waals surface area contributed by atoms with Crippen molar-refractivity contribution in [1.29, 1.82) is 0 Å². The van der Waals surface area contributed by atoms with Gasteiger partial charge in [0.2, 0.25) is 10.0 Å². The minimum Gasteiger partial charge on any atom is -0.391 e. The fourth-order valence-electron chi connectivity index (χ4n) is 2.11. The van der Waals surface area contributed by atoms with E-state index in [0.29, 0.717) is 29.2 Å². The van der Waals surface area contributed by atoms with E-state index in [1.165, 1.54) is 17.4 Å². The molecule has 1 aromatic rings. The van der Waals surface area contributed by atoms with Crippen LogP contribution in [0.5, 0.6) is 0 Å². The molecule has 0 aliphatic heterocycles. The maximum absolute atomic E-state index is 12.1. The summed E-state index contributed by atoms with van der Waals surface area (Å²) < 4.78 is 26.9. The minimum absolute atomic E-state index is 0.124. The first-order valence-corrected chi connectivity index (χ1v) is 8.82. The van der Waals surface area contributed by atoms with Gasteiger partial charge in [-0.1, -0.05) is 27.7 Å². The van der Waals surface area contributed by atoms with Gasteiger partial charge in [0.15, 0.2) is 0 Å². The smallest absolute Gasteiger partial charge is 0.241 e. The first-order valence-electron chi connectivity index (χ1n) is 6.46. The van der Waals surface area contributed by atoms with Gasteiger partial charge in [0.25, 0.3) is 0 Å². The zero-order chi connectivity index (χ0) is 14.6. The van der Waals surface area contributed by atoms with Gasteiger partial charge in [0.1, 0.15) is 0 Å². The molecule has 2 N–H and O–H groups in total. The minimum atomic E-state index is -3.46. The predicted octanol–water partition coefficient (Wildman–Crippen LogP) is 2.45. The van der Waals surface area contributed by atoms with E-state index in [-0.39, 0.29) is 11.5 Å². The number of thiophene rings is 1. The highest BCUT2D eigenvalue weighted by Gasteiger charge is 2.22. The van der Waals surface area contributed by atoms with Crippen LogP contribution in [0.15, 0.2) is 16.3 Å². The first kappa shape index (κ1) is 16.6. The van der Waals surface area contributed by atoms with Gasteiger partial charge in [-0.15, -0.1) is 11.3 Å². The third-order valence-electron chi connectivity index (χ3n) is 3.32. The maximum atomic E-state index is 12.1. The second-order valence-corrected chi connectivity index (χ2v) is 8.17. The molecule has 0 atom stereocenters. The summed E-state index contributed by atoms with van der Waals surface area (Å²) in [5.41, 5.74) is 0. The van der Waals surface area contributed by atoms with E-state index in [1.807, 2.05) is 0 Å². The Morgan fingerprint density at radius 3 is 2.26 bits per heavy atom. The lowest BCUT2D eigenvalue weighted by atomic mass is 9.86. The summed E-state index contributed by atoms with van der Waals surface area (Å²) in [5, 5.41) is 10.5. The van der Waals surface area contributed by atoms with Gasteiger partial charge in [0.05, 0.1) is 11.5 Å². The van der Waals surface area contributed by atoms with E-state index < -0.39 is 10.0 Å². The van der Waals surface area contributed by atoms with Crippen molar-refractivity contribution in [2.45, 2.75) is 39.2 Å². The van der Waals surface area contributed by atoms with Gasteiger partial charge < -0.3 is 5.11 Å². The first-order chi connectivity index (χ1) is 8.77. The highest BCUT2D eigenvalue weighted by atomic mass is 32.2. The van der Waals surface area contributed by atoms with Crippen LogP contribution in [-0.2, 0) is 16.6 Å². The van der Waals surface area contributed by atoms with Gasteiger partial charge in [-0.3, -0.25) is 0 Å². The van der Waals surface area contributed by atoms with E-state index >= 15 is 0 Å². The van der Waals surface area contributed by atoms with Crippen LogP contribution < -0.4 is 4.72 Å². The van der Waals surface area contributed by atoms with Crippen molar-refractivity contribution >= 4 is 21.4 Å². The summed E-state index contributed by atoms with van der Waals surface area (Å²) in [4.78, 5) is 0.900. The third-order valence-corrected chi connectivity index (χ3v) is 5.79. The number of nitrogens with one attached hydrogen (secondary N) is 1. The zero-order valence-corrected chi connectivity index (χ0v) is 13.5. The molecule has 6 heteroatoms. The predicted molar refractivity (Wildman–Crippen MR) is 78.6 cm³/mol. The molecule has 0 unspecified atom stereocenters. The molecular formula is C13H23NO3S2. The maximum Gasteiger partial charge on any atom is 0.241 e. The molecule has 0 saturated carbocycles. The van der Waals surface area contributed by atoms with E-state index in [9.17, 15) is 8.42 Å². The number of hydrogen-bond acceptors (Lipinski definition) is 4. The Bertz CT molecular complexity index is 484. The monoisotopic (exact) mass is 305 g/mol. The normalized spacial score (nSPS) is 12.8. The van der Waals surface area contributed by atoms with Gasteiger partial charge in [-0.25, -0.2) is 13.1 Å². The fraction of sp³-hybridized carbons (Fsp3) is 0.692. The van der Waals surface area contributed by atoms with E-state index in [0.717, 1.165) is 0 Å². The lowest BCUT2D eigenvalue weighted by molar-refractivity contribution is 0.285. The molecule has 0 aliphatic rings. The summed E-state index contributed by atoms with van der Waals surface area (Å²) in [7, 11) is -3.46. The molecule has 0 aromatic carbocycles. The van der Waals surface area contributed by atoms with Crippen molar-refractivity contribution in [3.8, 4) is 0 Å². The number of rotatable bonds is 7. The molecule has 4 nitrogen and oxygen atoms in total. The Balaban J connectivity index is 2.74. The molecular weight excluding hydrogens is 282 g/mol. The molecule has 0 saturated heterocycles. The molecule has 0 bridgehead atoms. The summed E-state index contributed by atoms with van der Waals surface area (Å²) >= 11 is 1.25. The highest BCUT2D eigenvalue weighted by molar-refractivity contribution is 7.89. The van der Waals surface area contributed by atoms with Crippen molar-refractivity contribution in [1.82, 2.24) is 4.72 Å². The van der Waals surface area contributed by atoms with Crippen LogP contribution in [0.4, 0.5) is 0 Å². The van der Waals surface area contributed by atoms with Crippen LogP contribution in [0.1, 0.15) is 32.6 Å². The van der Waals surface area contributed by atoms with Crippen molar-refractivity contribution in [2.75, 3.05) is 6.54 Å². The Kier molecular flexibility index (Phi) is 5.98. The lowest BCUT2D eigenvalue weighted by Crippen LogP contribution is -2.33. The molecule has 1 aromatic heterocycles. The van der Waals surface area contributed by atoms with E-state index in [2.05, 4.69) is 32.4 Å². The topological polar surface area (TPSA) is 66.4 Å². The summed E-state index contributed by atoms with van der Waals surface area (Å²) in [5.74, 6) is 1.17. The highest BCUT2D eigenvalue weighted by Crippen LogP contribution is 2.22. The number of aliphatic hydroxyl groups is 1. The SMILES string of the molecule is CC(C)C(CNS(=O)(=O)c1csc(CO)c1)C(C)C. The third kappa shape index (κ3) is 4.56. The Morgan fingerprint density at radius 1 is 1.26 bits per heavy atom. The fourth-order valence-corrected chi connectivity index (χ4v) is 4.32. The summed E-state index contributed by atoms with van der Waals surface area (Å²) in [6, 6.07) is 1.52. The number of aliphatic hydroxyl groups excluding tert-OH is 1. The molecule has 1 rings (SSSR count).